The van der Waals surface area contributed by atoms with Crippen LogP contribution < -0.4 is 10.7 Å². The molecule has 0 atom stereocenters. The van der Waals surface area contributed by atoms with Gasteiger partial charge in [0.25, 0.3) is 12.4 Å². The second-order valence-electron chi connectivity index (χ2n) is 2.00. The lowest BCUT2D eigenvalue weighted by molar-refractivity contribution is -0.122. The SMILES string of the molecule is O=C1C=c2cncnc2=N1.O=CO. The average molecular weight is 179 g/mol. The summed E-state index contributed by atoms with van der Waals surface area (Å²) in [6, 6.07) is 0. The highest BCUT2D eigenvalue weighted by molar-refractivity contribution is 6.06. The fourth-order valence-corrected chi connectivity index (χ4v) is 0.799. The third kappa shape index (κ3) is 2.16. The quantitative estimate of drug-likeness (QED) is 0.470. The second kappa shape index (κ2) is 4.05. The van der Waals surface area contributed by atoms with Crippen molar-refractivity contribution < 1.29 is 14.7 Å². The minimum Gasteiger partial charge on any atom is -0.483 e. The molecular formula is C7H5N3O3. The Morgan fingerprint density at radius 1 is 1.46 bits per heavy atom. The maximum absolute atomic E-state index is 10.6. The summed E-state index contributed by atoms with van der Waals surface area (Å²) in [7, 11) is 0. The predicted molar refractivity (Wildman–Crippen MR) is 41.0 cm³/mol. The van der Waals surface area contributed by atoms with E-state index >= 15 is 0 Å². The van der Waals surface area contributed by atoms with Gasteiger partial charge in [-0.1, -0.05) is 0 Å². The van der Waals surface area contributed by atoms with Gasteiger partial charge in [0, 0.05) is 17.5 Å². The van der Waals surface area contributed by atoms with Crippen LogP contribution in [0.25, 0.3) is 6.08 Å². The number of hydrogen-bond donors (Lipinski definition) is 1. The highest BCUT2D eigenvalue weighted by Gasteiger charge is 2.01. The topological polar surface area (TPSA) is 92.5 Å². The third-order valence-corrected chi connectivity index (χ3v) is 1.21. The van der Waals surface area contributed by atoms with E-state index in [4.69, 9.17) is 9.90 Å². The highest BCUT2D eigenvalue weighted by atomic mass is 16.3. The Morgan fingerprint density at radius 2 is 2.15 bits per heavy atom. The number of carbonyl (C=O) groups is 2. The molecule has 2 rings (SSSR count). The van der Waals surface area contributed by atoms with E-state index in [0.717, 1.165) is 0 Å². The van der Waals surface area contributed by atoms with Crippen molar-refractivity contribution in [3.8, 4) is 0 Å². The van der Waals surface area contributed by atoms with Crippen molar-refractivity contribution in [1.29, 1.82) is 0 Å². The van der Waals surface area contributed by atoms with Gasteiger partial charge in [-0.05, 0) is 0 Å². The van der Waals surface area contributed by atoms with Gasteiger partial charge in [0.2, 0.25) is 0 Å². The molecule has 0 radical (unpaired) electrons. The first-order chi connectivity index (χ1) is 6.27. The van der Waals surface area contributed by atoms with Gasteiger partial charge in [-0.25, -0.2) is 9.97 Å². The first kappa shape index (κ1) is 8.98. The van der Waals surface area contributed by atoms with E-state index in [2.05, 4.69) is 15.0 Å². The number of aromatic nitrogens is 2. The molecule has 13 heavy (non-hydrogen) atoms. The van der Waals surface area contributed by atoms with Crippen molar-refractivity contribution >= 4 is 18.5 Å². The number of amides is 1. The van der Waals surface area contributed by atoms with Crippen LogP contribution in [0.1, 0.15) is 0 Å². The first-order valence-corrected chi connectivity index (χ1v) is 3.26. The summed E-state index contributed by atoms with van der Waals surface area (Å²) < 4.78 is 0. The number of carboxylic acid groups (broad SMARTS) is 1. The molecule has 0 unspecified atom stereocenters. The molecule has 66 valence electrons. The summed E-state index contributed by atoms with van der Waals surface area (Å²) in [4.78, 5) is 30.1. The van der Waals surface area contributed by atoms with Crippen LogP contribution >= 0.6 is 0 Å². The van der Waals surface area contributed by atoms with Gasteiger partial charge in [-0.15, -0.1) is 0 Å². The van der Waals surface area contributed by atoms with Crippen LogP contribution in [0, 0.1) is 0 Å². The summed E-state index contributed by atoms with van der Waals surface area (Å²) in [5, 5.41) is 7.59. The third-order valence-electron chi connectivity index (χ3n) is 1.21. The Labute approximate surface area is 72.3 Å². The predicted octanol–water partition coefficient (Wildman–Crippen LogP) is -1.88. The molecular weight excluding hydrogens is 174 g/mol. The van der Waals surface area contributed by atoms with Crippen LogP contribution in [0.4, 0.5) is 0 Å². The molecule has 1 amide bonds. The van der Waals surface area contributed by atoms with E-state index in [9.17, 15) is 4.79 Å². The summed E-state index contributed by atoms with van der Waals surface area (Å²) >= 11 is 0. The number of carbonyl (C=O) groups excluding carboxylic acids is 1. The van der Waals surface area contributed by atoms with Crippen molar-refractivity contribution in [2.24, 2.45) is 4.99 Å². The largest absolute Gasteiger partial charge is 0.483 e. The molecule has 6 nitrogen and oxygen atoms in total. The Hall–Kier alpha value is -2.11. The van der Waals surface area contributed by atoms with Crippen LogP contribution in [0.5, 0.6) is 0 Å². The monoisotopic (exact) mass is 179 g/mol. The standard InChI is InChI=1S/C6H3N3O.CH2O2/c10-5-1-4-2-7-3-8-6(4)9-5;2-1-3/h1-3H;1H,(H,2,3). The molecule has 0 saturated heterocycles. The molecule has 0 bridgehead atoms. The summed E-state index contributed by atoms with van der Waals surface area (Å²) in [6.45, 7) is -0.250. The van der Waals surface area contributed by atoms with Gasteiger partial charge in [-0.2, -0.15) is 4.99 Å². The Morgan fingerprint density at radius 3 is 2.77 bits per heavy atom. The fourth-order valence-electron chi connectivity index (χ4n) is 0.799. The molecule has 1 aliphatic heterocycles. The average Bonchev–Trinajstić information content (AvgIpc) is 2.45. The molecule has 0 spiro atoms. The molecule has 1 aliphatic rings. The van der Waals surface area contributed by atoms with E-state index in [-0.39, 0.29) is 12.4 Å². The Kier molecular flexibility index (Phi) is 2.80. The molecule has 1 aromatic rings. The van der Waals surface area contributed by atoms with Crippen molar-refractivity contribution in [1.82, 2.24) is 9.97 Å². The first-order valence-electron chi connectivity index (χ1n) is 3.26. The second-order valence-corrected chi connectivity index (χ2v) is 2.00. The van der Waals surface area contributed by atoms with Gasteiger partial charge in [0.1, 0.15) is 6.33 Å². The van der Waals surface area contributed by atoms with Gasteiger partial charge in [0.05, 0.1) is 0 Å². The number of hydrogen-bond acceptors (Lipinski definition) is 4. The van der Waals surface area contributed by atoms with E-state index in [1.165, 1.54) is 12.4 Å². The van der Waals surface area contributed by atoms with Crippen molar-refractivity contribution in [3.63, 3.8) is 0 Å². The van der Waals surface area contributed by atoms with Crippen LogP contribution in [0.3, 0.4) is 0 Å². The molecule has 1 N–H and O–H groups in total. The van der Waals surface area contributed by atoms with Crippen LogP contribution in [0.15, 0.2) is 17.5 Å². The Balaban J connectivity index is 0.000000251. The summed E-state index contributed by atoms with van der Waals surface area (Å²) in [5.41, 5.74) is 0.472. The highest BCUT2D eigenvalue weighted by Crippen LogP contribution is 1.77. The zero-order valence-corrected chi connectivity index (χ0v) is 6.41. The lowest BCUT2D eigenvalue weighted by Gasteiger charge is -1.76. The smallest absolute Gasteiger partial charge is 0.290 e. The minimum absolute atomic E-state index is 0.250. The van der Waals surface area contributed by atoms with Crippen LogP contribution in [-0.4, -0.2) is 27.5 Å². The zero-order valence-electron chi connectivity index (χ0n) is 6.41. The number of fused-ring (bicyclic) bond motifs is 1. The van der Waals surface area contributed by atoms with Crippen molar-refractivity contribution in [3.05, 3.63) is 23.2 Å². The number of nitrogens with zero attached hydrogens (tertiary/aromatic N) is 3. The lowest BCUT2D eigenvalue weighted by Crippen LogP contribution is -2.24. The summed E-state index contributed by atoms with van der Waals surface area (Å²) in [6.07, 6.45) is 4.35. The van der Waals surface area contributed by atoms with Gasteiger partial charge < -0.3 is 5.11 Å². The van der Waals surface area contributed by atoms with E-state index in [0.29, 0.717) is 10.7 Å². The molecule has 0 saturated carbocycles. The molecule has 2 heterocycles. The minimum atomic E-state index is -0.254. The van der Waals surface area contributed by atoms with E-state index < -0.39 is 0 Å². The van der Waals surface area contributed by atoms with E-state index in [1.54, 1.807) is 6.20 Å². The molecule has 0 fully saturated rings. The molecule has 1 aromatic heterocycles. The lowest BCUT2D eigenvalue weighted by atomic mass is 10.4. The number of rotatable bonds is 0. The summed E-state index contributed by atoms with van der Waals surface area (Å²) in [5.74, 6) is -0.254. The van der Waals surface area contributed by atoms with Crippen molar-refractivity contribution in [2.75, 3.05) is 0 Å². The van der Waals surface area contributed by atoms with Crippen LogP contribution in [-0.2, 0) is 9.59 Å². The Bertz CT molecular complexity index is 404. The molecule has 6 heteroatoms. The maximum atomic E-state index is 10.6. The van der Waals surface area contributed by atoms with Gasteiger partial charge in [0.15, 0.2) is 5.49 Å². The maximum Gasteiger partial charge on any atom is 0.290 e. The van der Waals surface area contributed by atoms with Crippen molar-refractivity contribution in [2.45, 2.75) is 0 Å². The molecule has 0 aromatic carbocycles. The van der Waals surface area contributed by atoms with Crippen LogP contribution in [0.2, 0.25) is 0 Å². The van der Waals surface area contributed by atoms with Gasteiger partial charge in [-0.3, -0.25) is 9.59 Å². The fraction of sp³-hybridized carbons (Fsp3) is 0. The molecule has 0 aliphatic carbocycles. The van der Waals surface area contributed by atoms with E-state index in [1.807, 2.05) is 0 Å². The zero-order chi connectivity index (χ0) is 9.68. The van der Waals surface area contributed by atoms with Gasteiger partial charge >= 0.3 is 0 Å². The normalized spacial score (nSPS) is 11.5.